The molecule has 1 saturated heterocycles. The number of benzene rings is 1. The fourth-order valence-corrected chi connectivity index (χ4v) is 2.61. The summed E-state index contributed by atoms with van der Waals surface area (Å²) >= 11 is 0. The number of nitrogens with zero attached hydrogens (tertiary/aromatic N) is 2. The minimum absolute atomic E-state index is 0.00781. The van der Waals surface area contributed by atoms with E-state index in [9.17, 15) is 9.59 Å². The second kappa shape index (κ2) is 7.26. The lowest BCUT2D eigenvalue weighted by Gasteiger charge is -2.20. The number of likely N-dealkylation sites (tertiary alicyclic amines) is 1. The molecule has 1 aliphatic rings. The molecule has 2 amide bonds. The van der Waals surface area contributed by atoms with Crippen LogP contribution in [0.25, 0.3) is 0 Å². The number of aliphatic hydroxyl groups excluding tert-OH is 1. The number of ether oxygens (including phenoxy) is 1. The minimum atomic E-state index is -0.317. The first kappa shape index (κ1) is 16.3. The van der Waals surface area contributed by atoms with Crippen molar-refractivity contribution >= 4 is 11.8 Å². The Kier molecular flexibility index (Phi) is 5.38. The maximum atomic E-state index is 12.2. The van der Waals surface area contributed by atoms with Gasteiger partial charge in [0.1, 0.15) is 5.75 Å². The first-order valence-corrected chi connectivity index (χ1v) is 7.31. The van der Waals surface area contributed by atoms with Crippen LogP contribution in [0.1, 0.15) is 12.0 Å². The summed E-state index contributed by atoms with van der Waals surface area (Å²) in [4.78, 5) is 27.4. The van der Waals surface area contributed by atoms with Gasteiger partial charge in [-0.1, -0.05) is 12.1 Å². The quantitative estimate of drug-likeness (QED) is 0.830. The number of amides is 2. The lowest BCUT2D eigenvalue weighted by atomic mass is 10.1. The van der Waals surface area contributed by atoms with Gasteiger partial charge in [-0.3, -0.25) is 9.59 Å². The van der Waals surface area contributed by atoms with Crippen LogP contribution in [0, 0.1) is 5.92 Å². The van der Waals surface area contributed by atoms with Crippen LogP contribution < -0.4 is 4.74 Å². The average Bonchev–Trinajstić information content (AvgIpc) is 2.88. The smallest absolute Gasteiger partial charge is 0.227 e. The summed E-state index contributed by atoms with van der Waals surface area (Å²) in [5.74, 6) is 0.365. The Morgan fingerprint density at radius 1 is 1.41 bits per heavy atom. The van der Waals surface area contributed by atoms with E-state index in [1.54, 1.807) is 19.1 Å². The Morgan fingerprint density at radius 3 is 2.68 bits per heavy atom. The molecule has 0 bridgehead atoms. The standard InChI is InChI=1S/C16H22N2O4/c1-17(7-8-19)16(21)13-9-15(20)18(11-13)10-12-3-5-14(22-2)6-4-12/h3-6,13,19H,7-11H2,1-2H3. The van der Waals surface area contributed by atoms with Gasteiger partial charge in [0, 0.05) is 33.1 Å². The van der Waals surface area contributed by atoms with E-state index in [1.165, 1.54) is 4.90 Å². The molecule has 6 nitrogen and oxygen atoms in total. The molecular weight excluding hydrogens is 284 g/mol. The van der Waals surface area contributed by atoms with Crippen LogP contribution in [0.3, 0.4) is 0 Å². The monoisotopic (exact) mass is 306 g/mol. The molecule has 0 aliphatic carbocycles. The number of hydrogen-bond acceptors (Lipinski definition) is 4. The van der Waals surface area contributed by atoms with Gasteiger partial charge in [-0.25, -0.2) is 0 Å². The highest BCUT2D eigenvalue weighted by molar-refractivity contribution is 5.89. The lowest BCUT2D eigenvalue weighted by Crippen LogP contribution is -2.36. The zero-order chi connectivity index (χ0) is 16.1. The predicted octanol–water partition coefficient (Wildman–Crippen LogP) is 0.494. The van der Waals surface area contributed by atoms with Gasteiger partial charge < -0.3 is 19.6 Å². The third kappa shape index (κ3) is 3.76. The Hall–Kier alpha value is -2.08. The van der Waals surface area contributed by atoms with E-state index in [-0.39, 0.29) is 30.8 Å². The third-order valence-corrected chi connectivity index (χ3v) is 3.91. The van der Waals surface area contributed by atoms with E-state index < -0.39 is 0 Å². The van der Waals surface area contributed by atoms with Gasteiger partial charge in [0.2, 0.25) is 11.8 Å². The van der Waals surface area contributed by atoms with Crippen LogP contribution >= 0.6 is 0 Å². The van der Waals surface area contributed by atoms with Gasteiger partial charge in [0.25, 0.3) is 0 Å². The molecule has 0 aromatic heterocycles. The Bertz CT molecular complexity index is 529. The highest BCUT2D eigenvalue weighted by Gasteiger charge is 2.35. The van der Waals surface area contributed by atoms with Crippen LogP contribution in [0.15, 0.2) is 24.3 Å². The molecule has 1 aliphatic heterocycles. The molecule has 1 fully saturated rings. The molecule has 1 N–H and O–H groups in total. The van der Waals surface area contributed by atoms with E-state index in [1.807, 2.05) is 24.3 Å². The Labute approximate surface area is 130 Å². The van der Waals surface area contributed by atoms with E-state index in [4.69, 9.17) is 9.84 Å². The minimum Gasteiger partial charge on any atom is -0.497 e. The van der Waals surface area contributed by atoms with Crippen LogP contribution in [-0.2, 0) is 16.1 Å². The van der Waals surface area contributed by atoms with Crippen molar-refractivity contribution in [3.63, 3.8) is 0 Å². The Morgan fingerprint density at radius 2 is 2.09 bits per heavy atom. The Balaban J connectivity index is 1.95. The summed E-state index contributed by atoms with van der Waals surface area (Å²) in [6.07, 6.45) is 0.241. The van der Waals surface area contributed by atoms with Gasteiger partial charge in [0.15, 0.2) is 0 Å². The molecule has 0 saturated carbocycles. The summed E-state index contributed by atoms with van der Waals surface area (Å²) in [7, 11) is 3.26. The number of carbonyl (C=O) groups is 2. The second-order valence-corrected chi connectivity index (χ2v) is 5.51. The fourth-order valence-electron chi connectivity index (χ4n) is 2.61. The second-order valence-electron chi connectivity index (χ2n) is 5.51. The van der Waals surface area contributed by atoms with Crippen molar-refractivity contribution < 1.29 is 19.4 Å². The van der Waals surface area contributed by atoms with Crippen molar-refractivity contribution in [2.75, 3.05) is 33.9 Å². The lowest BCUT2D eigenvalue weighted by molar-refractivity contribution is -0.135. The van der Waals surface area contributed by atoms with Crippen LogP contribution in [0.4, 0.5) is 0 Å². The zero-order valence-corrected chi connectivity index (χ0v) is 13.0. The first-order chi connectivity index (χ1) is 10.5. The molecule has 1 aromatic rings. The number of likely N-dealkylation sites (N-methyl/N-ethyl adjacent to an activating group) is 1. The summed E-state index contributed by atoms with van der Waals surface area (Å²) in [5, 5.41) is 8.89. The first-order valence-electron chi connectivity index (χ1n) is 7.31. The number of methoxy groups -OCH3 is 1. The fraction of sp³-hybridized carbons (Fsp3) is 0.500. The molecule has 22 heavy (non-hydrogen) atoms. The van der Waals surface area contributed by atoms with Crippen molar-refractivity contribution in [1.82, 2.24) is 9.80 Å². The number of hydrogen-bond donors (Lipinski definition) is 1. The predicted molar refractivity (Wildman–Crippen MR) is 81.2 cm³/mol. The number of aliphatic hydroxyl groups is 1. The molecule has 1 atom stereocenters. The largest absolute Gasteiger partial charge is 0.497 e. The summed E-state index contributed by atoms with van der Waals surface area (Å²) in [6.45, 7) is 1.15. The molecule has 120 valence electrons. The highest BCUT2D eigenvalue weighted by Crippen LogP contribution is 2.22. The van der Waals surface area contributed by atoms with Crippen molar-refractivity contribution in [3.05, 3.63) is 29.8 Å². The number of rotatable bonds is 6. The average molecular weight is 306 g/mol. The molecule has 6 heteroatoms. The van der Waals surface area contributed by atoms with Crippen molar-refractivity contribution in [2.24, 2.45) is 5.92 Å². The van der Waals surface area contributed by atoms with Gasteiger partial charge in [-0.15, -0.1) is 0 Å². The molecule has 1 aromatic carbocycles. The SMILES string of the molecule is COc1ccc(CN2CC(C(=O)N(C)CCO)CC2=O)cc1. The summed E-state index contributed by atoms with van der Waals surface area (Å²) < 4.78 is 5.11. The zero-order valence-electron chi connectivity index (χ0n) is 13.0. The van der Waals surface area contributed by atoms with Crippen LogP contribution in [-0.4, -0.2) is 60.6 Å². The van der Waals surface area contributed by atoms with E-state index in [0.717, 1.165) is 11.3 Å². The van der Waals surface area contributed by atoms with Gasteiger partial charge >= 0.3 is 0 Å². The normalized spacial score (nSPS) is 17.7. The third-order valence-electron chi connectivity index (χ3n) is 3.91. The topological polar surface area (TPSA) is 70.1 Å². The van der Waals surface area contributed by atoms with E-state index in [2.05, 4.69) is 0 Å². The maximum absolute atomic E-state index is 12.2. The van der Waals surface area contributed by atoms with Gasteiger partial charge in [0.05, 0.1) is 19.6 Å². The highest BCUT2D eigenvalue weighted by atomic mass is 16.5. The molecule has 2 rings (SSSR count). The van der Waals surface area contributed by atoms with Crippen molar-refractivity contribution in [1.29, 1.82) is 0 Å². The molecule has 1 heterocycles. The van der Waals surface area contributed by atoms with Gasteiger partial charge in [-0.2, -0.15) is 0 Å². The molecule has 0 radical (unpaired) electrons. The maximum Gasteiger partial charge on any atom is 0.227 e. The van der Waals surface area contributed by atoms with Crippen LogP contribution in [0.5, 0.6) is 5.75 Å². The molecule has 0 spiro atoms. The summed E-state index contributed by atoms with van der Waals surface area (Å²) in [5.41, 5.74) is 1.01. The summed E-state index contributed by atoms with van der Waals surface area (Å²) in [6, 6.07) is 7.54. The molecular formula is C16H22N2O4. The van der Waals surface area contributed by atoms with E-state index in [0.29, 0.717) is 19.6 Å². The molecule has 1 unspecified atom stereocenters. The van der Waals surface area contributed by atoms with Crippen LogP contribution in [0.2, 0.25) is 0 Å². The van der Waals surface area contributed by atoms with E-state index >= 15 is 0 Å². The van der Waals surface area contributed by atoms with Gasteiger partial charge in [-0.05, 0) is 17.7 Å². The van der Waals surface area contributed by atoms with Crippen molar-refractivity contribution in [2.45, 2.75) is 13.0 Å². The van der Waals surface area contributed by atoms with Crippen molar-refractivity contribution in [3.8, 4) is 5.75 Å². The number of carbonyl (C=O) groups excluding carboxylic acids is 2.